The smallest absolute Gasteiger partial charge is 0.220 e. The van der Waals surface area contributed by atoms with E-state index >= 15 is 0 Å². The number of aliphatic hydroxyl groups is 1. The molecule has 5 heteroatoms. The van der Waals surface area contributed by atoms with Crippen LogP contribution >= 0.6 is 0 Å². The second-order valence-electron chi connectivity index (χ2n) is 5.35. The first-order valence-electron chi connectivity index (χ1n) is 7.58. The fraction of sp³-hybridized carbons (Fsp3) is 0.562. The van der Waals surface area contributed by atoms with Gasteiger partial charge in [0.1, 0.15) is 12.4 Å². The number of hydrogen-bond donors (Lipinski definition) is 3. The van der Waals surface area contributed by atoms with E-state index in [4.69, 9.17) is 9.84 Å². The summed E-state index contributed by atoms with van der Waals surface area (Å²) in [5.74, 6) is 1.43. The van der Waals surface area contributed by atoms with Gasteiger partial charge in [-0.15, -0.1) is 0 Å². The Morgan fingerprint density at radius 3 is 3.05 bits per heavy atom. The number of nitrogens with one attached hydrogen (secondary N) is 2. The number of ether oxygens (including phenoxy) is 1. The Labute approximate surface area is 125 Å². The molecule has 21 heavy (non-hydrogen) atoms. The molecular weight excluding hydrogens is 268 g/mol. The molecule has 1 aliphatic rings. The Balaban J connectivity index is 1.75. The lowest BCUT2D eigenvalue weighted by atomic mass is 10.0. The van der Waals surface area contributed by atoms with E-state index in [9.17, 15) is 4.79 Å². The first kappa shape index (κ1) is 15.8. The normalized spacial score (nSPS) is 17.7. The van der Waals surface area contributed by atoms with Gasteiger partial charge in [0.05, 0.1) is 6.61 Å². The van der Waals surface area contributed by atoms with Crippen LogP contribution in [0.5, 0.6) is 5.75 Å². The van der Waals surface area contributed by atoms with Gasteiger partial charge in [0.15, 0.2) is 0 Å². The van der Waals surface area contributed by atoms with Gasteiger partial charge in [-0.3, -0.25) is 4.79 Å². The molecule has 1 aromatic carbocycles. The summed E-state index contributed by atoms with van der Waals surface area (Å²) in [7, 11) is 0. The fourth-order valence-electron chi connectivity index (χ4n) is 2.52. The van der Waals surface area contributed by atoms with E-state index in [1.807, 2.05) is 24.3 Å². The molecule has 1 aromatic rings. The summed E-state index contributed by atoms with van der Waals surface area (Å²) in [5, 5.41) is 15.1. The number of carbonyl (C=O) groups is 1. The average Bonchev–Trinajstić information content (AvgIpc) is 3.03. The molecule has 1 heterocycles. The summed E-state index contributed by atoms with van der Waals surface area (Å²) < 4.78 is 5.45. The topological polar surface area (TPSA) is 70.6 Å². The number of benzene rings is 1. The Bertz CT molecular complexity index is 445. The minimum Gasteiger partial charge on any atom is -0.491 e. The standard InChI is InChI=1S/C16H24N2O3/c19-9-10-21-15-4-2-1-3-14(15)12-18-16(20)6-5-13-7-8-17-11-13/h1-4,13,17,19H,5-12H2,(H,18,20). The van der Waals surface area contributed by atoms with Crippen LogP contribution in [0.1, 0.15) is 24.8 Å². The summed E-state index contributed by atoms with van der Waals surface area (Å²) in [6, 6.07) is 7.57. The molecule has 0 saturated carbocycles. The van der Waals surface area contributed by atoms with Gasteiger partial charge in [0.25, 0.3) is 0 Å². The molecule has 3 N–H and O–H groups in total. The minimum atomic E-state index is -0.0177. The third kappa shape index (κ3) is 5.36. The molecule has 1 fully saturated rings. The molecule has 0 radical (unpaired) electrons. The highest BCUT2D eigenvalue weighted by Gasteiger charge is 2.15. The molecule has 1 atom stereocenters. The van der Waals surface area contributed by atoms with Gasteiger partial charge in [-0.1, -0.05) is 18.2 Å². The van der Waals surface area contributed by atoms with Crippen LogP contribution in [-0.2, 0) is 11.3 Å². The summed E-state index contributed by atoms with van der Waals surface area (Å²) in [4.78, 5) is 11.9. The Morgan fingerprint density at radius 1 is 1.43 bits per heavy atom. The molecule has 5 nitrogen and oxygen atoms in total. The minimum absolute atomic E-state index is 0.0177. The molecule has 0 aromatic heterocycles. The third-order valence-electron chi connectivity index (χ3n) is 3.74. The fourth-order valence-corrected chi connectivity index (χ4v) is 2.52. The highest BCUT2D eigenvalue weighted by atomic mass is 16.5. The number of aliphatic hydroxyl groups excluding tert-OH is 1. The van der Waals surface area contributed by atoms with Crippen molar-refractivity contribution in [2.75, 3.05) is 26.3 Å². The van der Waals surface area contributed by atoms with Gasteiger partial charge < -0.3 is 20.5 Å². The Kier molecular flexibility index (Phi) is 6.50. The molecule has 1 aliphatic heterocycles. The summed E-state index contributed by atoms with van der Waals surface area (Å²) in [5.41, 5.74) is 0.932. The van der Waals surface area contributed by atoms with Crippen molar-refractivity contribution in [2.45, 2.75) is 25.8 Å². The van der Waals surface area contributed by atoms with Gasteiger partial charge in [-0.05, 0) is 37.9 Å². The molecule has 0 spiro atoms. The Morgan fingerprint density at radius 2 is 2.29 bits per heavy atom. The maximum absolute atomic E-state index is 11.9. The van der Waals surface area contributed by atoms with Crippen LogP contribution in [-0.4, -0.2) is 37.3 Å². The van der Waals surface area contributed by atoms with Crippen LogP contribution in [0.25, 0.3) is 0 Å². The van der Waals surface area contributed by atoms with Crippen molar-refractivity contribution < 1.29 is 14.6 Å². The lowest BCUT2D eigenvalue weighted by molar-refractivity contribution is -0.121. The number of carbonyl (C=O) groups excluding carboxylic acids is 1. The lowest BCUT2D eigenvalue weighted by Crippen LogP contribution is -2.24. The van der Waals surface area contributed by atoms with Gasteiger partial charge >= 0.3 is 0 Å². The van der Waals surface area contributed by atoms with Crippen LogP contribution in [0, 0.1) is 5.92 Å². The van der Waals surface area contributed by atoms with E-state index in [0.29, 0.717) is 24.6 Å². The van der Waals surface area contributed by atoms with Crippen molar-refractivity contribution in [1.82, 2.24) is 10.6 Å². The zero-order valence-corrected chi connectivity index (χ0v) is 12.3. The zero-order valence-electron chi connectivity index (χ0n) is 12.3. The quantitative estimate of drug-likeness (QED) is 0.670. The first-order valence-corrected chi connectivity index (χ1v) is 7.58. The molecule has 0 bridgehead atoms. The van der Waals surface area contributed by atoms with Gasteiger partial charge in [-0.2, -0.15) is 0 Å². The van der Waals surface area contributed by atoms with Crippen molar-refractivity contribution in [3.8, 4) is 5.75 Å². The molecule has 116 valence electrons. The Hall–Kier alpha value is -1.59. The van der Waals surface area contributed by atoms with Crippen LogP contribution in [0.4, 0.5) is 0 Å². The van der Waals surface area contributed by atoms with E-state index in [2.05, 4.69) is 10.6 Å². The first-order chi connectivity index (χ1) is 10.3. The summed E-state index contributed by atoms with van der Waals surface area (Å²) in [6.07, 6.45) is 2.69. The van der Waals surface area contributed by atoms with Crippen molar-refractivity contribution in [1.29, 1.82) is 0 Å². The largest absolute Gasteiger partial charge is 0.491 e. The van der Waals surface area contributed by atoms with Crippen molar-refractivity contribution in [3.05, 3.63) is 29.8 Å². The number of para-hydroxylation sites is 1. The molecule has 2 rings (SSSR count). The SMILES string of the molecule is O=C(CCC1CCNC1)NCc1ccccc1OCCO. The summed E-state index contributed by atoms with van der Waals surface area (Å²) >= 11 is 0. The van der Waals surface area contributed by atoms with Gasteiger partial charge in [0.2, 0.25) is 5.91 Å². The maximum atomic E-state index is 11.9. The molecule has 0 aliphatic carbocycles. The van der Waals surface area contributed by atoms with Crippen molar-refractivity contribution in [2.24, 2.45) is 5.92 Å². The maximum Gasteiger partial charge on any atom is 0.220 e. The highest BCUT2D eigenvalue weighted by Crippen LogP contribution is 2.18. The average molecular weight is 292 g/mol. The van der Waals surface area contributed by atoms with Crippen LogP contribution < -0.4 is 15.4 Å². The third-order valence-corrected chi connectivity index (χ3v) is 3.74. The van der Waals surface area contributed by atoms with E-state index in [0.717, 1.165) is 25.1 Å². The van der Waals surface area contributed by atoms with Crippen LogP contribution in [0.15, 0.2) is 24.3 Å². The predicted octanol–water partition coefficient (Wildman–Crippen LogP) is 1.06. The monoisotopic (exact) mass is 292 g/mol. The highest BCUT2D eigenvalue weighted by molar-refractivity contribution is 5.75. The van der Waals surface area contributed by atoms with Crippen molar-refractivity contribution >= 4 is 5.91 Å². The lowest BCUT2D eigenvalue weighted by Gasteiger charge is -2.12. The van der Waals surface area contributed by atoms with Gasteiger partial charge in [-0.25, -0.2) is 0 Å². The van der Waals surface area contributed by atoms with Crippen molar-refractivity contribution in [3.63, 3.8) is 0 Å². The van der Waals surface area contributed by atoms with Crippen LogP contribution in [0.2, 0.25) is 0 Å². The van der Waals surface area contributed by atoms with Crippen LogP contribution in [0.3, 0.4) is 0 Å². The zero-order chi connectivity index (χ0) is 14.9. The van der Waals surface area contributed by atoms with E-state index in [1.165, 1.54) is 6.42 Å². The number of hydrogen-bond acceptors (Lipinski definition) is 4. The second kappa shape index (κ2) is 8.64. The second-order valence-corrected chi connectivity index (χ2v) is 5.35. The molecular formula is C16H24N2O3. The number of amides is 1. The van der Waals surface area contributed by atoms with E-state index in [1.54, 1.807) is 0 Å². The van der Waals surface area contributed by atoms with E-state index < -0.39 is 0 Å². The van der Waals surface area contributed by atoms with Gasteiger partial charge in [0, 0.05) is 18.5 Å². The number of rotatable bonds is 8. The molecule has 1 saturated heterocycles. The van der Waals surface area contributed by atoms with E-state index in [-0.39, 0.29) is 19.1 Å². The molecule has 1 amide bonds. The predicted molar refractivity (Wildman–Crippen MR) is 81.1 cm³/mol. The summed E-state index contributed by atoms with van der Waals surface area (Å²) in [6.45, 7) is 2.81. The molecule has 1 unspecified atom stereocenters.